The first-order valence-electron chi connectivity index (χ1n) is 6.93. The van der Waals surface area contributed by atoms with E-state index in [4.69, 9.17) is 0 Å². The molecule has 102 valence electrons. The SMILES string of the molecule is OC1(c2cccs2)c2ccccc2C=Cc2ccccc21. The van der Waals surface area contributed by atoms with Crippen LogP contribution in [0.5, 0.6) is 0 Å². The van der Waals surface area contributed by atoms with E-state index < -0.39 is 5.60 Å². The second-order valence-electron chi connectivity index (χ2n) is 5.20. The first-order valence-corrected chi connectivity index (χ1v) is 7.81. The third-order valence-corrected chi connectivity index (χ3v) is 5.00. The Hall–Kier alpha value is -2.16. The fourth-order valence-electron chi connectivity index (χ4n) is 3.02. The van der Waals surface area contributed by atoms with Crippen LogP contribution in [-0.2, 0) is 5.60 Å². The van der Waals surface area contributed by atoms with Crippen LogP contribution in [0.25, 0.3) is 12.2 Å². The van der Waals surface area contributed by atoms with Gasteiger partial charge in [0.2, 0.25) is 0 Å². The highest BCUT2D eigenvalue weighted by Crippen LogP contribution is 2.44. The molecule has 0 saturated carbocycles. The highest BCUT2D eigenvalue weighted by Gasteiger charge is 2.38. The van der Waals surface area contributed by atoms with E-state index in [0.717, 1.165) is 27.1 Å². The minimum Gasteiger partial charge on any atom is -0.375 e. The van der Waals surface area contributed by atoms with Gasteiger partial charge < -0.3 is 5.11 Å². The molecule has 1 nitrogen and oxygen atoms in total. The molecular weight excluding hydrogens is 276 g/mol. The summed E-state index contributed by atoms with van der Waals surface area (Å²) in [6.07, 6.45) is 4.17. The molecule has 1 aliphatic carbocycles. The number of aliphatic hydroxyl groups is 1. The maximum Gasteiger partial charge on any atom is 0.150 e. The summed E-state index contributed by atoms with van der Waals surface area (Å²) in [7, 11) is 0. The van der Waals surface area contributed by atoms with Gasteiger partial charge in [-0.25, -0.2) is 0 Å². The van der Waals surface area contributed by atoms with E-state index in [1.807, 2.05) is 53.9 Å². The van der Waals surface area contributed by atoms with Gasteiger partial charge in [0.1, 0.15) is 0 Å². The molecule has 0 unspecified atom stereocenters. The van der Waals surface area contributed by atoms with Crippen LogP contribution in [0.3, 0.4) is 0 Å². The zero-order valence-electron chi connectivity index (χ0n) is 11.4. The number of hydrogen-bond donors (Lipinski definition) is 1. The minimum atomic E-state index is -1.09. The van der Waals surface area contributed by atoms with Crippen LogP contribution in [-0.4, -0.2) is 5.11 Å². The lowest BCUT2D eigenvalue weighted by atomic mass is 9.82. The highest BCUT2D eigenvalue weighted by atomic mass is 32.1. The van der Waals surface area contributed by atoms with E-state index in [1.165, 1.54) is 0 Å². The van der Waals surface area contributed by atoms with Crippen molar-refractivity contribution in [2.45, 2.75) is 5.60 Å². The fourth-order valence-corrected chi connectivity index (χ4v) is 3.87. The van der Waals surface area contributed by atoms with Crippen LogP contribution in [0.2, 0.25) is 0 Å². The van der Waals surface area contributed by atoms with Gasteiger partial charge in [0.05, 0.1) is 0 Å². The molecule has 21 heavy (non-hydrogen) atoms. The van der Waals surface area contributed by atoms with E-state index in [2.05, 4.69) is 24.3 Å². The van der Waals surface area contributed by atoms with Gasteiger partial charge in [0.15, 0.2) is 5.60 Å². The van der Waals surface area contributed by atoms with E-state index in [0.29, 0.717) is 0 Å². The van der Waals surface area contributed by atoms with Crippen LogP contribution >= 0.6 is 11.3 Å². The van der Waals surface area contributed by atoms with Gasteiger partial charge in [0.25, 0.3) is 0 Å². The molecule has 3 aromatic rings. The molecule has 0 atom stereocenters. The molecule has 0 radical (unpaired) electrons. The first-order chi connectivity index (χ1) is 10.3. The van der Waals surface area contributed by atoms with Crippen molar-refractivity contribution in [3.05, 3.63) is 93.2 Å². The second kappa shape index (κ2) is 4.69. The lowest BCUT2D eigenvalue weighted by molar-refractivity contribution is 0.129. The topological polar surface area (TPSA) is 20.2 Å². The summed E-state index contributed by atoms with van der Waals surface area (Å²) in [4.78, 5) is 0.950. The van der Waals surface area contributed by atoms with Gasteiger partial charge in [-0.3, -0.25) is 0 Å². The minimum absolute atomic E-state index is 0.939. The van der Waals surface area contributed by atoms with Crippen molar-refractivity contribution in [1.82, 2.24) is 0 Å². The number of benzene rings is 2. The predicted octanol–water partition coefficient (Wildman–Crippen LogP) is 4.52. The summed E-state index contributed by atoms with van der Waals surface area (Å²) in [6, 6.07) is 20.1. The van der Waals surface area contributed by atoms with Gasteiger partial charge in [-0.2, -0.15) is 0 Å². The Balaban J connectivity index is 2.12. The molecule has 1 aliphatic rings. The molecule has 2 heteroatoms. The Morgan fingerprint density at radius 1 is 0.714 bits per heavy atom. The van der Waals surface area contributed by atoms with Crippen molar-refractivity contribution in [3.8, 4) is 0 Å². The zero-order chi connectivity index (χ0) is 14.3. The zero-order valence-corrected chi connectivity index (χ0v) is 12.2. The van der Waals surface area contributed by atoms with Crippen molar-refractivity contribution in [1.29, 1.82) is 0 Å². The van der Waals surface area contributed by atoms with Gasteiger partial charge in [-0.1, -0.05) is 66.7 Å². The molecular formula is C19H14OS. The summed E-state index contributed by atoms with van der Waals surface area (Å²) in [5.41, 5.74) is 2.90. The Morgan fingerprint density at radius 2 is 1.29 bits per heavy atom. The number of thiophene rings is 1. The molecule has 2 aromatic carbocycles. The fraction of sp³-hybridized carbons (Fsp3) is 0.0526. The Bertz CT molecular complexity index is 766. The van der Waals surface area contributed by atoms with Crippen molar-refractivity contribution in [3.63, 3.8) is 0 Å². The standard InChI is InChI=1S/C19H14OS/c20-19(18-10-5-13-21-18)16-8-3-1-6-14(16)11-12-15-7-2-4-9-17(15)19/h1-13,20H. The molecule has 0 spiro atoms. The van der Waals surface area contributed by atoms with Gasteiger partial charge in [0, 0.05) is 16.0 Å². The van der Waals surface area contributed by atoms with Crippen molar-refractivity contribution >= 4 is 23.5 Å². The summed E-state index contributed by atoms with van der Waals surface area (Å²) in [5.74, 6) is 0. The quantitative estimate of drug-likeness (QED) is 0.699. The van der Waals surface area contributed by atoms with Gasteiger partial charge >= 0.3 is 0 Å². The van der Waals surface area contributed by atoms with Crippen LogP contribution < -0.4 is 0 Å². The summed E-state index contributed by atoms with van der Waals surface area (Å²) < 4.78 is 0. The van der Waals surface area contributed by atoms with Gasteiger partial charge in [-0.15, -0.1) is 11.3 Å². The predicted molar refractivity (Wildman–Crippen MR) is 88.2 cm³/mol. The molecule has 4 rings (SSSR count). The Labute approximate surface area is 127 Å². The van der Waals surface area contributed by atoms with Gasteiger partial charge in [-0.05, 0) is 22.6 Å². The molecule has 1 aromatic heterocycles. The summed E-state index contributed by atoms with van der Waals surface area (Å²) >= 11 is 1.59. The van der Waals surface area contributed by atoms with Crippen LogP contribution in [0.1, 0.15) is 27.1 Å². The average molecular weight is 290 g/mol. The molecule has 1 heterocycles. The van der Waals surface area contributed by atoms with E-state index in [-0.39, 0.29) is 0 Å². The number of rotatable bonds is 1. The summed E-state index contributed by atoms with van der Waals surface area (Å²) in [6.45, 7) is 0. The molecule has 0 aliphatic heterocycles. The highest BCUT2D eigenvalue weighted by molar-refractivity contribution is 7.10. The Morgan fingerprint density at radius 3 is 1.81 bits per heavy atom. The van der Waals surface area contributed by atoms with E-state index in [1.54, 1.807) is 11.3 Å². The smallest absolute Gasteiger partial charge is 0.150 e. The number of hydrogen-bond acceptors (Lipinski definition) is 2. The molecule has 0 amide bonds. The molecule has 0 fully saturated rings. The third-order valence-electron chi connectivity index (χ3n) is 4.02. The molecule has 0 bridgehead atoms. The third kappa shape index (κ3) is 1.80. The summed E-state index contributed by atoms with van der Waals surface area (Å²) in [5, 5.41) is 13.7. The normalized spacial score (nSPS) is 15.1. The van der Waals surface area contributed by atoms with Crippen molar-refractivity contribution in [2.24, 2.45) is 0 Å². The monoisotopic (exact) mass is 290 g/mol. The van der Waals surface area contributed by atoms with Crippen LogP contribution in [0.4, 0.5) is 0 Å². The second-order valence-corrected chi connectivity index (χ2v) is 6.14. The molecule has 0 saturated heterocycles. The van der Waals surface area contributed by atoms with E-state index >= 15 is 0 Å². The lowest BCUT2D eigenvalue weighted by Crippen LogP contribution is -2.29. The largest absolute Gasteiger partial charge is 0.375 e. The van der Waals surface area contributed by atoms with E-state index in [9.17, 15) is 5.11 Å². The maximum absolute atomic E-state index is 11.7. The first kappa shape index (κ1) is 12.6. The van der Waals surface area contributed by atoms with Crippen molar-refractivity contribution < 1.29 is 5.11 Å². The Kier molecular flexibility index (Phi) is 2.81. The number of fused-ring (bicyclic) bond motifs is 2. The van der Waals surface area contributed by atoms with Crippen LogP contribution in [0.15, 0.2) is 66.0 Å². The average Bonchev–Trinajstić information content (AvgIpc) is 3.04. The lowest BCUT2D eigenvalue weighted by Gasteiger charge is -2.30. The van der Waals surface area contributed by atoms with Crippen molar-refractivity contribution in [2.75, 3.05) is 0 Å². The van der Waals surface area contributed by atoms with Crippen LogP contribution in [0, 0.1) is 0 Å². The molecule has 1 N–H and O–H groups in total. The maximum atomic E-state index is 11.7.